The molecule has 0 unspecified atom stereocenters. The Labute approximate surface area is 162 Å². The summed E-state index contributed by atoms with van der Waals surface area (Å²) in [6.07, 6.45) is 0. The quantitative estimate of drug-likeness (QED) is 0.447. The van der Waals surface area contributed by atoms with Crippen LogP contribution in [0.1, 0.15) is 21.9 Å². The maximum Gasteiger partial charge on any atom is 0.260 e. The number of nitrogens with one attached hydrogen (secondary N) is 2. The summed E-state index contributed by atoms with van der Waals surface area (Å²) in [5.74, 6) is 1.18. The highest BCUT2D eigenvalue weighted by molar-refractivity contribution is 9.10. The summed E-state index contributed by atoms with van der Waals surface area (Å²) in [5, 5.41) is 2.87. The molecule has 0 atom stereocenters. The molecular weight excluding hydrogens is 413 g/mol. The Balaban J connectivity index is 1.65. The van der Waals surface area contributed by atoms with Crippen LogP contribution >= 0.6 is 15.9 Å². The first kappa shape index (κ1) is 17.5. The van der Waals surface area contributed by atoms with Crippen LogP contribution in [-0.4, -0.2) is 15.9 Å². The standard InChI is InChI=1S/C20H15BrFN3O2/c1-10-17(18(21)11(2)27-10)20(26)23-14-6-7-15-16(9-14)25-19(24-15)12-4-3-5-13(22)8-12/h3-9H,1-2H3,(H,23,26)(H,24,25). The van der Waals surface area contributed by atoms with Crippen molar-refractivity contribution in [3.05, 3.63) is 69.8 Å². The third-order valence-corrected chi connectivity index (χ3v) is 5.21. The molecule has 0 aliphatic rings. The van der Waals surface area contributed by atoms with Crippen molar-refractivity contribution in [3.63, 3.8) is 0 Å². The summed E-state index contributed by atoms with van der Waals surface area (Å²) in [6.45, 7) is 3.54. The van der Waals surface area contributed by atoms with E-state index in [4.69, 9.17) is 4.42 Å². The number of benzene rings is 2. The van der Waals surface area contributed by atoms with Crippen molar-refractivity contribution in [2.24, 2.45) is 0 Å². The zero-order valence-corrected chi connectivity index (χ0v) is 16.1. The van der Waals surface area contributed by atoms with Crippen LogP contribution in [0.5, 0.6) is 0 Å². The third-order valence-electron chi connectivity index (χ3n) is 4.25. The van der Waals surface area contributed by atoms with Crippen molar-refractivity contribution >= 4 is 38.6 Å². The molecule has 2 N–H and O–H groups in total. The van der Waals surface area contributed by atoms with E-state index in [0.29, 0.717) is 38.6 Å². The van der Waals surface area contributed by atoms with Crippen molar-refractivity contribution in [2.75, 3.05) is 5.32 Å². The number of rotatable bonds is 3. The van der Waals surface area contributed by atoms with Gasteiger partial charge in [0.25, 0.3) is 5.91 Å². The van der Waals surface area contributed by atoms with E-state index in [1.54, 1.807) is 44.2 Å². The molecule has 7 heteroatoms. The van der Waals surface area contributed by atoms with Gasteiger partial charge < -0.3 is 14.7 Å². The Morgan fingerprint density at radius 1 is 1.19 bits per heavy atom. The molecule has 0 saturated carbocycles. The smallest absolute Gasteiger partial charge is 0.260 e. The van der Waals surface area contributed by atoms with E-state index in [1.807, 2.05) is 0 Å². The number of halogens is 2. The fourth-order valence-electron chi connectivity index (χ4n) is 2.97. The number of H-pyrrole nitrogens is 1. The van der Waals surface area contributed by atoms with E-state index < -0.39 is 0 Å². The van der Waals surface area contributed by atoms with Crippen molar-refractivity contribution in [1.29, 1.82) is 0 Å². The molecule has 0 saturated heterocycles. The van der Waals surface area contributed by atoms with Gasteiger partial charge in [-0.15, -0.1) is 0 Å². The van der Waals surface area contributed by atoms with E-state index in [-0.39, 0.29) is 11.7 Å². The predicted octanol–water partition coefficient (Wildman–Crippen LogP) is 5.59. The van der Waals surface area contributed by atoms with Gasteiger partial charge in [-0.3, -0.25) is 4.79 Å². The first-order valence-corrected chi connectivity index (χ1v) is 9.04. The number of anilines is 1. The number of amides is 1. The van der Waals surface area contributed by atoms with Crippen LogP contribution in [0, 0.1) is 19.7 Å². The van der Waals surface area contributed by atoms with Gasteiger partial charge in [-0.25, -0.2) is 9.37 Å². The van der Waals surface area contributed by atoms with Gasteiger partial charge in [0.15, 0.2) is 0 Å². The molecule has 0 fully saturated rings. The first-order valence-electron chi connectivity index (χ1n) is 8.25. The van der Waals surface area contributed by atoms with Gasteiger partial charge in [0.1, 0.15) is 23.2 Å². The van der Waals surface area contributed by atoms with Crippen molar-refractivity contribution in [1.82, 2.24) is 9.97 Å². The van der Waals surface area contributed by atoms with Crippen LogP contribution in [0.4, 0.5) is 10.1 Å². The van der Waals surface area contributed by atoms with Crippen LogP contribution in [0.15, 0.2) is 51.4 Å². The monoisotopic (exact) mass is 427 g/mol. The lowest BCUT2D eigenvalue weighted by atomic mass is 10.2. The minimum atomic E-state index is -0.322. The molecule has 136 valence electrons. The fourth-order valence-corrected chi connectivity index (χ4v) is 3.51. The summed E-state index contributed by atoms with van der Waals surface area (Å²) < 4.78 is 19.6. The second-order valence-electron chi connectivity index (χ2n) is 6.19. The Hall–Kier alpha value is -2.93. The molecule has 0 aliphatic carbocycles. The Kier molecular flexibility index (Phi) is 4.31. The third kappa shape index (κ3) is 3.26. The average molecular weight is 428 g/mol. The van der Waals surface area contributed by atoms with Crippen LogP contribution in [0.3, 0.4) is 0 Å². The average Bonchev–Trinajstić information content (AvgIpc) is 3.15. The number of carbonyl (C=O) groups excluding carboxylic acids is 1. The number of hydrogen-bond acceptors (Lipinski definition) is 3. The zero-order valence-electron chi connectivity index (χ0n) is 14.6. The minimum Gasteiger partial charge on any atom is -0.465 e. The molecule has 27 heavy (non-hydrogen) atoms. The lowest BCUT2D eigenvalue weighted by molar-refractivity contribution is 0.102. The number of hydrogen-bond donors (Lipinski definition) is 2. The normalized spacial score (nSPS) is 11.1. The molecule has 2 aromatic heterocycles. The van der Waals surface area contributed by atoms with E-state index in [0.717, 1.165) is 11.0 Å². The number of nitrogens with zero attached hydrogens (tertiary/aromatic N) is 1. The van der Waals surface area contributed by atoms with E-state index >= 15 is 0 Å². The summed E-state index contributed by atoms with van der Waals surface area (Å²) in [7, 11) is 0. The van der Waals surface area contributed by atoms with Gasteiger partial charge in [-0.05, 0) is 60.1 Å². The predicted molar refractivity (Wildman–Crippen MR) is 105 cm³/mol. The second kappa shape index (κ2) is 6.66. The molecule has 5 nitrogen and oxygen atoms in total. The van der Waals surface area contributed by atoms with Gasteiger partial charge in [0.2, 0.25) is 0 Å². The number of furan rings is 1. The van der Waals surface area contributed by atoms with Crippen LogP contribution in [0.25, 0.3) is 22.4 Å². The summed E-state index contributed by atoms with van der Waals surface area (Å²) in [5.41, 5.74) is 3.21. The van der Waals surface area contributed by atoms with Crippen molar-refractivity contribution in [3.8, 4) is 11.4 Å². The molecule has 2 aromatic carbocycles. The Morgan fingerprint density at radius 3 is 2.70 bits per heavy atom. The summed E-state index contributed by atoms with van der Waals surface area (Å²) in [4.78, 5) is 20.2. The minimum absolute atomic E-state index is 0.263. The highest BCUT2D eigenvalue weighted by atomic mass is 79.9. The SMILES string of the molecule is Cc1oc(C)c(C(=O)Nc2ccc3nc(-c4cccc(F)c4)[nH]c3c2)c1Br. The fraction of sp³-hybridized carbons (Fsp3) is 0.100. The largest absolute Gasteiger partial charge is 0.465 e. The highest BCUT2D eigenvalue weighted by Gasteiger charge is 2.20. The number of imidazole rings is 1. The summed E-state index contributed by atoms with van der Waals surface area (Å²) >= 11 is 3.39. The van der Waals surface area contributed by atoms with Gasteiger partial charge >= 0.3 is 0 Å². The number of carbonyl (C=O) groups is 1. The molecule has 0 aliphatic heterocycles. The van der Waals surface area contributed by atoms with Gasteiger partial charge in [0.05, 0.1) is 21.1 Å². The zero-order chi connectivity index (χ0) is 19.1. The van der Waals surface area contributed by atoms with Crippen LogP contribution < -0.4 is 5.32 Å². The lowest BCUT2D eigenvalue weighted by Gasteiger charge is -2.05. The maximum atomic E-state index is 13.4. The maximum absolute atomic E-state index is 13.4. The molecule has 0 spiro atoms. The lowest BCUT2D eigenvalue weighted by Crippen LogP contribution is -2.12. The molecule has 2 heterocycles. The van der Waals surface area contributed by atoms with Gasteiger partial charge in [-0.1, -0.05) is 12.1 Å². The van der Waals surface area contributed by atoms with E-state index in [9.17, 15) is 9.18 Å². The highest BCUT2D eigenvalue weighted by Crippen LogP contribution is 2.29. The molecule has 0 bridgehead atoms. The van der Waals surface area contributed by atoms with Crippen LogP contribution in [-0.2, 0) is 0 Å². The first-order chi connectivity index (χ1) is 12.9. The van der Waals surface area contributed by atoms with E-state index in [1.165, 1.54) is 12.1 Å². The molecule has 1 amide bonds. The van der Waals surface area contributed by atoms with Crippen molar-refractivity contribution < 1.29 is 13.6 Å². The molecular formula is C20H15BrFN3O2. The number of aromatic amines is 1. The number of fused-ring (bicyclic) bond motifs is 1. The number of aryl methyl sites for hydroxylation is 2. The van der Waals surface area contributed by atoms with Gasteiger partial charge in [0, 0.05) is 11.3 Å². The molecule has 4 aromatic rings. The van der Waals surface area contributed by atoms with Gasteiger partial charge in [-0.2, -0.15) is 0 Å². The summed E-state index contributed by atoms with van der Waals surface area (Å²) in [6, 6.07) is 11.6. The van der Waals surface area contributed by atoms with Crippen molar-refractivity contribution in [2.45, 2.75) is 13.8 Å². The van der Waals surface area contributed by atoms with Crippen LogP contribution in [0.2, 0.25) is 0 Å². The number of aromatic nitrogens is 2. The Morgan fingerprint density at radius 2 is 2.00 bits per heavy atom. The Bertz CT molecular complexity index is 1180. The molecule has 0 radical (unpaired) electrons. The topological polar surface area (TPSA) is 70.9 Å². The molecule has 4 rings (SSSR count). The van der Waals surface area contributed by atoms with E-state index in [2.05, 4.69) is 31.2 Å². The second-order valence-corrected chi connectivity index (χ2v) is 6.98.